The van der Waals surface area contributed by atoms with Gasteiger partial charge in [0.15, 0.2) is 11.5 Å². The number of methoxy groups -OCH3 is 2. The van der Waals surface area contributed by atoms with Crippen LogP contribution in [-0.4, -0.2) is 25.8 Å². The van der Waals surface area contributed by atoms with Crippen molar-refractivity contribution in [1.82, 2.24) is 5.43 Å². The van der Waals surface area contributed by atoms with Crippen molar-refractivity contribution < 1.29 is 14.3 Å². The fourth-order valence-corrected chi connectivity index (χ4v) is 2.81. The zero-order valence-corrected chi connectivity index (χ0v) is 13.0. The molecule has 0 bridgehead atoms. The Kier molecular flexibility index (Phi) is 4.82. The Bertz CT molecular complexity index is 716. The summed E-state index contributed by atoms with van der Waals surface area (Å²) in [5.41, 5.74) is 3.49. The van der Waals surface area contributed by atoms with Gasteiger partial charge in [0.1, 0.15) is 5.92 Å². The van der Waals surface area contributed by atoms with Crippen molar-refractivity contribution in [2.75, 3.05) is 14.2 Å². The third kappa shape index (κ3) is 2.82. The molecule has 0 radical (unpaired) electrons. The molecule has 7 heteroatoms. The molecule has 0 saturated carbocycles. The Balaban J connectivity index is 2.65. The Morgan fingerprint density at radius 2 is 1.96 bits per heavy atom. The van der Waals surface area contributed by atoms with Crippen LogP contribution in [-0.2, 0) is 4.79 Å². The number of hydrogen-bond donors (Lipinski definition) is 1. The summed E-state index contributed by atoms with van der Waals surface area (Å²) in [6.07, 6.45) is 0. The van der Waals surface area contributed by atoms with Crippen LogP contribution >= 0.6 is 0 Å². The number of carbonyl (C=O) groups is 1. The number of nitrogens with zero attached hydrogens (tertiary/aromatic N) is 3. The van der Waals surface area contributed by atoms with Crippen molar-refractivity contribution in [1.29, 1.82) is 10.5 Å². The van der Waals surface area contributed by atoms with Crippen LogP contribution in [0, 0.1) is 34.5 Å². The molecule has 1 aromatic carbocycles. The van der Waals surface area contributed by atoms with Gasteiger partial charge in [-0.2, -0.15) is 15.6 Å². The monoisotopic (exact) mass is 312 g/mol. The molecule has 1 aliphatic heterocycles. The fourth-order valence-electron chi connectivity index (χ4n) is 2.81. The zero-order valence-electron chi connectivity index (χ0n) is 13.0. The van der Waals surface area contributed by atoms with E-state index in [0.29, 0.717) is 22.8 Å². The summed E-state index contributed by atoms with van der Waals surface area (Å²) in [6.45, 7) is 1.69. The number of nitrogens with one attached hydrogen (secondary N) is 1. The summed E-state index contributed by atoms with van der Waals surface area (Å²) in [6, 6.07) is 9.10. The van der Waals surface area contributed by atoms with Crippen LogP contribution < -0.4 is 14.9 Å². The first kappa shape index (κ1) is 16.3. The molecule has 2 rings (SSSR count). The van der Waals surface area contributed by atoms with Crippen molar-refractivity contribution in [3.63, 3.8) is 0 Å². The number of rotatable bonds is 5. The highest BCUT2D eigenvalue weighted by molar-refractivity contribution is 6.07. The molecule has 7 nitrogen and oxygen atoms in total. The molecule has 1 N–H and O–H groups in total. The topological polar surface area (TPSA) is 108 Å². The minimum Gasteiger partial charge on any atom is -0.493 e. The lowest BCUT2D eigenvalue weighted by Crippen LogP contribution is -2.32. The first-order valence-corrected chi connectivity index (χ1v) is 6.93. The average molecular weight is 312 g/mol. The van der Waals surface area contributed by atoms with Gasteiger partial charge in [0.25, 0.3) is 0 Å². The van der Waals surface area contributed by atoms with Crippen LogP contribution in [0.15, 0.2) is 23.3 Å². The fraction of sp³-hybridized carbons (Fsp3) is 0.375. The molecule has 2 atom stereocenters. The maximum atomic E-state index is 12.2. The van der Waals surface area contributed by atoms with E-state index >= 15 is 0 Å². The first-order valence-electron chi connectivity index (χ1n) is 6.93. The predicted molar refractivity (Wildman–Crippen MR) is 81.7 cm³/mol. The van der Waals surface area contributed by atoms with E-state index in [1.807, 2.05) is 12.1 Å². The number of amides is 1. The maximum absolute atomic E-state index is 12.2. The van der Waals surface area contributed by atoms with Crippen LogP contribution in [0.3, 0.4) is 0 Å². The average Bonchev–Trinajstić information content (AvgIpc) is 2.90. The predicted octanol–water partition coefficient (Wildman–Crippen LogP) is 1.57. The number of hydrogen-bond acceptors (Lipinski definition) is 6. The molecular weight excluding hydrogens is 296 g/mol. The molecule has 118 valence electrons. The Labute approximate surface area is 134 Å². The third-order valence-electron chi connectivity index (χ3n) is 3.86. The molecule has 1 aromatic rings. The van der Waals surface area contributed by atoms with Crippen molar-refractivity contribution in [3.05, 3.63) is 23.8 Å². The van der Waals surface area contributed by atoms with Crippen LogP contribution in [0.5, 0.6) is 11.5 Å². The molecule has 1 heterocycles. The molecule has 0 saturated heterocycles. The highest BCUT2D eigenvalue weighted by atomic mass is 16.5. The van der Waals surface area contributed by atoms with Gasteiger partial charge < -0.3 is 9.47 Å². The summed E-state index contributed by atoms with van der Waals surface area (Å²) >= 11 is 0. The van der Waals surface area contributed by atoms with E-state index in [4.69, 9.17) is 9.47 Å². The van der Waals surface area contributed by atoms with E-state index in [1.165, 1.54) is 14.2 Å². The van der Waals surface area contributed by atoms with Crippen LogP contribution in [0.2, 0.25) is 0 Å². The molecule has 23 heavy (non-hydrogen) atoms. The number of hydrazone groups is 1. The molecule has 1 aliphatic rings. The minimum atomic E-state index is -1.03. The van der Waals surface area contributed by atoms with E-state index < -0.39 is 17.8 Å². The van der Waals surface area contributed by atoms with Gasteiger partial charge in [-0.05, 0) is 13.0 Å². The molecule has 0 spiro atoms. The smallest absolute Gasteiger partial charge is 0.249 e. The Morgan fingerprint density at radius 1 is 1.26 bits per heavy atom. The number of nitriles is 2. The van der Waals surface area contributed by atoms with Crippen molar-refractivity contribution in [2.24, 2.45) is 16.9 Å². The summed E-state index contributed by atoms with van der Waals surface area (Å²) < 4.78 is 10.7. The Morgan fingerprint density at radius 3 is 2.43 bits per heavy atom. The molecule has 0 fully saturated rings. The van der Waals surface area contributed by atoms with Crippen molar-refractivity contribution in [2.45, 2.75) is 12.8 Å². The molecular formula is C16H16N4O3. The van der Waals surface area contributed by atoms with Crippen LogP contribution in [0.1, 0.15) is 18.4 Å². The van der Waals surface area contributed by atoms with Gasteiger partial charge >= 0.3 is 0 Å². The summed E-state index contributed by atoms with van der Waals surface area (Å²) in [5.74, 6) is -1.91. The quantitative estimate of drug-likeness (QED) is 0.888. The van der Waals surface area contributed by atoms with Gasteiger partial charge in [-0.25, -0.2) is 5.43 Å². The van der Waals surface area contributed by atoms with E-state index in [0.717, 1.165) is 0 Å². The van der Waals surface area contributed by atoms with Crippen molar-refractivity contribution >= 4 is 11.6 Å². The SMILES string of the molecule is COc1cccc([C@H](C(C#N)C#N)[C@H]2C(=O)NN=C2C)c1OC. The normalized spacial score (nSPS) is 17.7. The minimum absolute atomic E-state index is 0.340. The summed E-state index contributed by atoms with van der Waals surface area (Å²) in [7, 11) is 2.97. The second-order valence-corrected chi connectivity index (χ2v) is 5.05. The molecule has 0 aliphatic carbocycles. The highest BCUT2D eigenvalue weighted by Crippen LogP contribution is 2.43. The number of benzene rings is 1. The molecule has 1 amide bonds. The van der Waals surface area contributed by atoms with Gasteiger partial charge in [-0.3, -0.25) is 4.79 Å². The molecule has 0 unspecified atom stereocenters. The standard InChI is InChI=1S/C16H16N4O3/c1-9-13(16(21)20-19-9)14(10(7-17)8-18)11-5-4-6-12(22-2)15(11)23-3/h4-6,10,13-14H,1-3H3,(H,20,21)/t13-,14-/m0/s1. The summed E-state index contributed by atoms with van der Waals surface area (Å²) in [4.78, 5) is 12.2. The van der Waals surface area contributed by atoms with Gasteiger partial charge in [-0.15, -0.1) is 0 Å². The number of ether oxygens (including phenoxy) is 2. The molecule has 0 aromatic heterocycles. The number of para-hydroxylation sites is 1. The Hall–Kier alpha value is -3.06. The van der Waals surface area contributed by atoms with Gasteiger partial charge in [0, 0.05) is 17.2 Å². The van der Waals surface area contributed by atoms with Gasteiger partial charge in [0.2, 0.25) is 5.91 Å². The lowest BCUT2D eigenvalue weighted by atomic mass is 9.75. The summed E-state index contributed by atoms with van der Waals surface area (Å²) in [5, 5.41) is 22.6. The van der Waals surface area contributed by atoms with E-state index in [2.05, 4.69) is 10.5 Å². The van der Waals surface area contributed by atoms with E-state index in [-0.39, 0.29) is 5.91 Å². The van der Waals surface area contributed by atoms with Crippen LogP contribution in [0.25, 0.3) is 0 Å². The lowest BCUT2D eigenvalue weighted by Gasteiger charge is -2.25. The van der Waals surface area contributed by atoms with Gasteiger partial charge in [-0.1, -0.05) is 12.1 Å². The second kappa shape index (κ2) is 6.80. The maximum Gasteiger partial charge on any atom is 0.249 e. The lowest BCUT2D eigenvalue weighted by molar-refractivity contribution is -0.122. The highest BCUT2D eigenvalue weighted by Gasteiger charge is 2.42. The van der Waals surface area contributed by atoms with E-state index in [9.17, 15) is 15.3 Å². The zero-order chi connectivity index (χ0) is 17.0. The number of carbonyl (C=O) groups excluding carboxylic acids is 1. The van der Waals surface area contributed by atoms with Crippen LogP contribution in [0.4, 0.5) is 0 Å². The van der Waals surface area contributed by atoms with Crippen molar-refractivity contribution in [3.8, 4) is 23.6 Å². The van der Waals surface area contributed by atoms with E-state index in [1.54, 1.807) is 25.1 Å². The largest absolute Gasteiger partial charge is 0.493 e. The second-order valence-electron chi connectivity index (χ2n) is 5.05. The first-order chi connectivity index (χ1) is 11.1. The third-order valence-corrected chi connectivity index (χ3v) is 3.86. The van der Waals surface area contributed by atoms with Gasteiger partial charge in [0.05, 0.1) is 32.3 Å².